The molecule has 7 rings (SSSR count). The molecule has 6 nitrogen and oxygen atoms in total. The van der Waals surface area contributed by atoms with Gasteiger partial charge in [0, 0.05) is 31.7 Å². The number of carbonyl (C=O) groups is 1. The maximum absolute atomic E-state index is 11.9. The second-order valence-electron chi connectivity index (χ2n) is 17.7. The minimum atomic E-state index is -2.83. The van der Waals surface area contributed by atoms with Crippen LogP contribution in [-0.2, 0) is 9.84 Å². The van der Waals surface area contributed by atoms with E-state index in [4.69, 9.17) is 0 Å². The zero-order valence-electron chi connectivity index (χ0n) is 29.0. The van der Waals surface area contributed by atoms with Gasteiger partial charge in [0.05, 0.1) is 17.1 Å². The monoisotopic (exact) mass is 650 g/mol. The van der Waals surface area contributed by atoms with Crippen molar-refractivity contribution in [1.29, 1.82) is 0 Å². The van der Waals surface area contributed by atoms with Crippen molar-refractivity contribution in [2.75, 3.05) is 37.7 Å². The Morgan fingerprint density at radius 3 is 2.28 bits per heavy atom. The number of hydrogen-bond donors (Lipinski definition) is 2. The third-order valence-electron chi connectivity index (χ3n) is 15.7. The van der Waals surface area contributed by atoms with Crippen LogP contribution in [0.4, 0.5) is 0 Å². The minimum Gasteiger partial charge on any atom is -0.478 e. The van der Waals surface area contributed by atoms with Gasteiger partial charge in [0.1, 0.15) is 0 Å². The summed E-state index contributed by atoms with van der Waals surface area (Å²) in [5.74, 6) is 2.61. The first-order valence-corrected chi connectivity index (χ1v) is 20.2. The molecule has 5 aliphatic carbocycles. The fourth-order valence-electron chi connectivity index (χ4n) is 13.2. The predicted octanol–water partition coefficient (Wildman–Crippen LogP) is 7.31. The average Bonchev–Trinajstić information content (AvgIpc) is 3.42. The molecule has 4 saturated carbocycles. The quantitative estimate of drug-likeness (QED) is 0.336. The first kappa shape index (κ1) is 32.8. The molecular weight excluding hydrogens is 593 g/mol. The number of nitrogens with one attached hydrogen (secondary N) is 1. The fourth-order valence-corrected chi connectivity index (χ4v) is 14.5. The standard InChI is InChI=1S/C39H58N2O4S/c1-35(2)29(27-8-10-28(11-9-27)34(42)43)14-17-36(3)32(35)15-18-38(5)33(36)13-12-30-31-7-6-16-39(31,20-19-37(30,38)4)40-21-22-41-23-25-46(44,45)26-24-41/h8-11,14,30-33,40H,6-7,12-13,15-26H2,1-5H3,(H,42,43)/t30-,31?,32?,33?,36+,37-,38-,39+/m1/s1. The maximum atomic E-state index is 11.9. The number of nitrogens with zero attached hydrogens (tertiary/aromatic N) is 1. The lowest BCUT2D eigenvalue weighted by atomic mass is 9.33. The molecule has 8 atom stereocenters. The molecule has 2 N–H and O–H groups in total. The van der Waals surface area contributed by atoms with Crippen molar-refractivity contribution >= 4 is 21.4 Å². The summed E-state index contributed by atoms with van der Waals surface area (Å²) >= 11 is 0. The van der Waals surface area contributed by atoms with Gasteiger partial charge in [-0.15, -0.1) is 0 Å². The molecule has 0 bridgehead atoms. The van der Waals surface area contributed by atoms with Crippen LogP contribution in [0.1, 0.15) is 115 Å². The van der Waals surface area contributed by atoms with Crippen molar-refractivity contribution in [2.45, 2.75) is 104 Å². The van der Waals surface area contributed by atoms with E-state index in [9.17, 15) is 18.3 Å². The predicted molar refractivity (Wildman–Crippen MR) is 185 cm³/mol. The van der Waals surface area contributed by atoms with Gasteiger partial charge in [0.2, 0.25) is 0 Å². The highest BCUT2D eigenvalue weighted by molar-refractivity contribution is 7.91. The average molecular weight is 651 g/mol. The van der Waals surface area contributed by atoms with Gasteiger partial charge in [0.25, 0.3) is 0 Å². The first-order chi connectivity index (χ1) is 21.7. The van der Waals surface area contributed by atoms with Crippen molar-refractivity contribution < 1.29 is 18.3 Å². The van der Waals surface area contributed by atoms with E-state index in [1.165, 1.54) is 68.9 Å². The Kier molecular flexibility index (Phi) is 7.97. The Morgan fingerprint density at radius 2 is 1.59 bits per heavy atom. The van der Waals surface area contributed by atoms with E-state index >= 15 is 0 Å². The molecule has 1 heterocycles. The summed E-state index contributed by atoms with van der Waals surface area (Å²) < 4.78 is 23.9. The Hall–Kier alpha value is -1.70. The largest absolute Gasteiger partial charge is 0.478 e. The third kappa shape index (κ3) is 4.90. The number of hydrogen-bond acceptors (Lipinski definition) is 5. The van der Waals surface area contributed by atoms with E-state index in [2.05, 4.69) is 50.9 Å². The van der Waals surface area contributed by atoms with Crippen LogP contribution in [0, 0.1) is 45.3 Å². The van der Waals surface area contributed by atoms with E-state index in [1.54, 1.807) is 12.1 Å². The molecule has 0 aromatic heterocycles. The SMILES string of the molecule is CC1(C)C(c2ccc(C(=O)O)cc2)=CC[C@@]2(C)C1CC[C@]1(C)C2CC[C@@H]2C3CCC[C@]3(NCCN3CCS(=O)(=O)CC3)CC[C@]21C. The molecule has 46 heavy (non-hydrogen) atoms. The van der Waals surface area contributed by atoms with Gasteiger partial charge in [-0.1, -0.05) is 59.2 Å². The zero-order valence-corrected chi connectivity index (χ0v) is 29.9. The van der Waals surface area contributed by atoms with Crippen LogP contribution in [0.25, 0.3) is 5.57 Å². The maximum Gasteiger partial charge on any atom is 0.335 e. The van der Waals surface area contributed by atoms with Crippen LogP contribution in [0.2, 0.25) is 0 Å². The van der Waals surface area contributed by atoms with Crippen LogP contribution in [0.3, 0.4) is 0 Å². The summed E-state index contributed by atoms with van der Waals surface area (Å²) in [5, 5.41) is 13.6. The topological polar surface area (TPSA) is 86.7 Å². The molecule has 7 heteroatoms. The molecule has 0 amide bonds. The lowest BCUT2D eigenvalue weighted by molar-refractivity contribution is -0.217. The minimum absolute atomic E-state index is 0.0342. The van der Waals surface area contributed by atoms with Crippen molar-refractivity contribution in [3.8, 4) is 0 Å². The lowest BCUT2D eigenvalue weighted by Crippen LogP contribution is -2.67. The number of sulfone groups is 1. The van der Waals surface area contributed by atoms with Gasteiger partial charge in [-0.05, 0) is 126 Å². The molecule has 1 saturated heterocycles. The van der Waals surface area contributed by atoms with Crippen molar-refractivity contribution in [3.63, 3.8) is 0 Å². The normalized spacial score (nSPS) is 43.0. The van der Waals surface area contributed by atoms with Crippen LogP contribution < -0.4 is 5.32 Å². The van der Waals surface area contributed by atoms with Crippen LogP contribution >= 0.6 is 0 Å². The van der Waals surface area contributed by atoms with E-state index in [0.717, 1.165) is 31.3 Å². The third-order valence-corrected chi connectivity index (χ3v) is 17.3. The van der Waals surface area contributed by atoms with Crippen molar-refractivity contribution in [2.24, 2.45) is 45.3 Å². The highest BCUT2D eigenvalue weighted by Crippen LogP contribution is 2.76. The summed E-state index contributed by atoms with van der Waals surface area (Å²) in [6.07, 6.45) is 15.5. The molecule has 254 valence electrons. The van der Waals surface area contributed by atoms with Gasteiger partial charge in [-0.3, -0.25) is 0 Å². The first-order valence-electron chi connectivity index (χ1n) is 18.4. The number of rotatable bonds is 6. The number of aromatic carboxylic acids is 1. The van der Waals surface area contributed by atoms with Gasteiger partial charge >= 0.3 is 5.97 Å². The number of benzene rings is 1. The Balaban J connectivity index is 1.10. The molecule has 0 radical (unpaired) electrons. The molecule has 6 aliphatic rings. The summed E-state index contributed by atoms with van der Waals surface area (Å²) in [6, 6.07) is 7.59. The zero-order chi connectivity index (χ0) is 32.8. The lowest BCUT2D eigenvalue weighted by Gasteiger charge is -2.72. The molecule has 1 aromatic rings. The number of allylic oxidation sites excluding steroid dienone is 2. The Morgan fingerprint density at radius 1 is 0.870 bits per heavy atom. The van der Waals surface area contributed by atoms with Gasteiger partial charge < -0.3 is 15.3 Å². The molecule has 0 spiro atoms. The van der Waals surface area contributed by atoms with Gasteiger partial charge in [-0.2, -0.15) is 0 Å². The van der Waals surface area contributed by atoms with E-state index < -0.39 is 15.8 Å². The van der Waals surface area contributed by atoms with Crippen molar-refractivity contribution in [3.05, 3.63) is 41.5 Å². The number of fused-ring (bicyclic) bond motifs is 7. The smallest absolute Gasteiger partial charge is 0.335 e. The van der Waals surface area contributed by atoms with Crippen LogP contribution in [-0.4, -0.2) is 67.6 Å². The van der Waals surface area contributed by atoms with Crippen molar-refractivity contribution in [1.82, 2.24) is 10.2 Å². The van der Waals surface area contributed by atoms with E-state index in [-0.39, 0.29) is 16.4 Å². The molecule has 5 fully saturated rings. The summed E-state index contributed by atoms with van der Waals surface area (Å²) in [5.41, 5.74) is 4.19. The summed E-state index contributed by atoms with van der Waals surface area (Å²) in [6.45, 7) is 16.3. The fraction of sp³-hybridized carbons (Fsp3) is 0.769. The van der Waals surface area contributed by atoms with Crippen LogP contribution in [0.15, 0.2) is 30.3 Å². The molecule has 1 aromatic carbocycles. The van der Waals surface area contributed by atoms with Gasteiger partial charge in [0.15, 0.2) is 9.84 Å². The second kappa shape index (κ2) is 11.2. The molecule has 3 unspecified atom stereocenters. The second-order valence-corrected chi connectivity index (χ2v) is 20.0. The molecule has 1 aliphatic heterocycles. The number of carboxylic acid groups (broad SMARTS) is 1. The highest BCUT2D eigenvalue weighted by atomic mass is 32.2. The van der Waals surface area contributed by atoms with Gasteiger partial charge in [-0.25, -0.2) is 13.2 Å². The highest BCUT2D eigenvalue weighted by Gasteiger charge is 2.69. The molecular formula is C39H58N2O4S. The van der Waals surface area contributed by atoms with E-state index in [1.807, 2.05) is 12.1 Å². The Labute approximate surface area is 278 Å². The van der Waals surface area contributed by atoms with Crippen LogP contribution in [0.5, 0.6) is 0 Å². The Bertz CT molecular complexity index is 1490. The van der Waals surface area contributed by atoms with E-state index in [0.29, 0.717) is 52.8 Å². The number of carboxylic acids is 1. The summed E-state index contributed by atoms with van der Waals surface area (Å²) in [4.78, 5) is 13.9. The summed E-state index contributed by atoms with van der Waals surface area (Å²) in [7, 11) is -2.83.